The third kappa shape index (κ3) is 1.77. The van der Waals surface area contributed by atoms with Crippen LogP contribution in [0.1, 0.15) is 33.6 Å². The molecule has 0 atom stereocenters. The molecule has 1 aliphatic rings. The number of carboxylic acid groups (broad SMARTS) is 1. The molecule has 1 amide bonds. The summed E-state index contributed by atoms with van der Waals surface area (Å²) in [5.41, 5.74) is 4.81. The Hall–Kier alpha value is -0.770. The van der Waals surface area contributed by atoms with Crippen molar-refractivity contribution in [3.05, 3.63) is 0 Å². The van der Waals surface area contributed by atoms with Crippen LogP contribution in [0.3, 0.4) is 0 Å². The average Bonchev–Trinajstić information content (AvgIpc) is 2.65. The molecule has 0 bridgehead atoms. The maximum absolute atomic E-state index is 11.0. The Balaban J connectivity index is 2.87. The molecule has 0 aromatic carbocycles. The van der Waals surface area contributed by atoms with Crippen LogP contribution in [0.25, 0.3) is 0 Å². The Morgan fingerprint density at radius 2 is 2.00 bits per heavy atom. The number of hydrogen-bond donors (Lipinski definition) is 1. The Labute approximate surface area is 78.7 Å². The molecule has 2 N–H and O–H groups in total. The van der Waals surface area contributed by atoms with E-state index in [1.807, 2.05) is 20.8 Å². The molecule has 0 aromatic rings. The van der Waals surface area contributed by atoms with E-state index in [9.17, 15) is 9.90 Å². The molecule has 0 saturated heterocycles. The van der Waals surface area contributed by atoms with E-state index in [1.54, 1.807) is 0 Å². The van der Waals surface area contributed by atoms with Crippen LogP contribution in [0, 0.1) is 0 Å². The van der Waals surface area contributed by atoms with Crippen LogP contribution in [0.2, 0.25) is 0 Å². The molecule has 0 radical (unpaired) electrons. The summed E-state index contributed by atoms with van der Waals surface area (Å²) in [6.07, 6.45) is 0.596. The summed E-state index contributed by atoms with van der Waals surface area (Å²) < 4.78 is 0. The van der Waals surface area contributed by atoms with Crippen molar-refractivity contribution in [2.45, 2.75) is 44.7 Å². The lowest BCUT2D eigenvalue weighted by Gasteiger charge is -2.44. The molecule has 13 heavy (non-hydrogen) atoms. The molecule has 0 aliphatic heterocycles. The van der Waals surface area contributed by atoms with Gasteiger partial charge in [0.1, 0.15) is 6.09 Å². The number of nitrogens with two attached hydrogens (primary N) is 1. The van der Waals surface area contributed by atoms with E-state index in [4.69, 9.17) is 5.73 Å². The van der Waals surface area contributed by atoms with Crippen molar-refractivity contribution in [2.75, 3.05) is 6.54 Å². The first-order valence-corrected chi connectivity index (χ1v) is 4.55. The Kier molecular flexibility index (Phi) is 2.28. The highest BCUT2D eigenvalue weighted by Gasteiger charge is 2.50. The van der Waals surface area contributed by atoms with Gasteiger partial charge in [0, 0.05) is 12.1 Å². The van der Waals surface area contributed by atoms with E-state index in [2.05, 4.69) is 0 Å². The standard InChI is InChI=1S/C9H18N2O2/c1-8(2,3)11(7(12)13)9(6-10)4-5-9/h4-6,10H2,1-3H3,(H,12,13)/p-1. The molecule has 1 fully saturated rings. The van der Waals surface area contributed by atoms with E-state index in [0.717, 1.165) is 12.8 Å². The number of nitrogens with zero attached hydrogens (tertiary/aromatic N) is 1. The fraction of sp³-hybridized carbons (Fsp3) is 0.889. The number of amides is 1. The summed E-state index contributed by atoms with van der Waals surface area (Å²) in [6.45, 7) is 5.97. The van der Waals surface area contributed by atoms with Crippen molar-refractivity contribution in [1.82, 2.24) is 4.90 Å². The SMILES string of the molecule is CC(C)(C)N(C(=O)[O-])C1(CN)CC1. The second-order valence-electron chi connectivity index (χ2n) is 4.70. The summed E-state index contributed by atoms with van der Waals surface area (Å²) in [6, 6.07) is 0. The van der Waals surface area contributed by atoms with Crippen molar-refractivity contribution in [2.24, 2.45) is 5.73 Å². The number of carbonyl (C=O) groups is 1. The lowest BCUT2D eigenvalue weighted by Crippen LogP contribution is -2.60. The molecule has 1 aliphatic carbocycles. The molecule has 0 unspecified atom stereocenters. The van der Waals surface area contributed by atoms with E-state index in [0.29, 0.717) is 6.54 Å². The highest BCUT2D eigenvalue weighted by molar-refractivity contribution is 5.65. The maximum Gasteiger partial charge on any atom is 0.137 e. The first-order valence-electron chi connectivity index (χ1n) is 4.55. The third-order valence-electron chi connectivity index (χ3n) is 2.53. The minimum absolute atomic E-state index is 0.336. The van der Waals surface area contributed by atoms with Gasteiger partial charge in [0.05, 0.1) is 5.54 Å². The maximum atomic E-state index is 11.0. The highest BCUT2D eigenvalue weighted by atomic mass is 16.4. The van der Waals surface area contributed by atoms with Gasteiger partial charge in [0.25, 0.3) is 0 Å². The Morgan fingerprint density at radius 3 is 2.08 bits per heavy atom. The third-order valence-corrected chi connectivity index (χ3v) is 2.53. The number of hydrogen-bond acceptors (Lipinski definition) is 3. The van der Waals surface area contributed by atoms with Crippen molar-refractivity contribution >= 4 is 6.09 Å². The van der Waals surface area contributed by atoms with Gasteiger partial charge in [0.15, 0.2) is 0 Å². The zero-order valence-corrected chi connectivity index (χ0v) is 8.46. The van der Waals surface area contributed by atoms with Crippen LogP contribution < -0.4 is 10.8 Å². The van der Waals surface area contributed by atoms with Gasteiger partial charge in [-0.1, -0.05) is 0 Å². The van der Waals surface area contributed by atoms with Gasteiger partial charge in [-0.2, -0.15) is 0 Å². The fourth-order valence-corrected chi connectivity index (χ4v) is 1.84. The largest absolute Gasteiger partial charge is 0.530 e. The average molecular weight is 185 g/mol. The lowest BCUT2D eigenvalue weighted by molar-refractivity contribution is -0.274. The van der Waals surface area contributed by atoms with Gasteiger partial charge >= 0.3 is 0 Å². The molecular formula is C9H17N2O2-. The molecule has 0 heterocycles. The predicted octanol–water partition coefficient (Wildman–Crippen LogP) is -0.0785. The Bertz CT molecular complexity index is 216. The van der Waals surface area contributed by atoms with Gasteiger partial charge in [0.2, 0.25) is 0 Å². The first kappa shape index (κ1) is 10.3. The van der Waals surface area contributed by atoms with Crippen LogP contribution >= 0.6 is 0 Å². The lowest BCUT2D eigenvalue weighted by atomic mass is 10.0. The summed E-state index contributed by atoms with van der Waals surface area (Å²) in [4.78, 5) is 12.3. The molecule has 4 nitrogen and oxygen atoms in total. The zero-order chi connectivity index (χ0) is 10.3. The van der Waals surface area contributed by atoms with Crippen LogP contribution in [-0.4, -0.2) is 28.6 Å². The van der Waals surface area contributed by atoms with Gasteiger partial charge in [-0.05, 0) is 33.6 Å². The smallest absolute Gasteiger partial charge is 0.137 e. The van der Waals surface area contributed by atoms with Gasteiger partial charge in [-0.15, -0.1) is 0 Å². The van der Waals surface area contributed by atoms with Gasteiger partial charge < -0.3 is 20.5 Å². The summed E-state index contributed by atoms with van der Waals surface area (Å²) in [5.74, 6) is 0. The molecule has 76 valence electrons. The molecular weight excluding hydrogens is 168 g/mol. The van der Waals surface area contributed by atoms with E-state index >= 15 is 0 Å². The molecule has 0 spiro atoms. The van der Waals surface area contributed by atoms with Gasteiger partial charge in [-0.3, -0.25) is 0 Å². The number of carbonyl (C=O) groups excluding carboxylic acids is 1. The van der Waals surface area contributed by atoms with Crippen molar-refractivity contribution in [1.29, 1.82) is 0 Å². The molecule has 1 saturated carbocycles. The quantitative estimate of drug-likeness (QED) is 0.654. The zero-order valence-electron chi connectivity index (χ0n) is 8.46. The van der Waals surface area contributed by atoms with Crippen molar-refractivity contribution < 1.29 is 9.90 Å². The Morgan fingerprint density at radius 1 is 1.54 bits per heavy atom. The van der Waals surface area contributed by atoms with Crippen molar-refractivity contribution in [3.63, 3.8) is 0 Å². The van der Waals surface area contributed by atoms with E-state index in [1.165, 1.54) is 4.90 Å². The van der Waals surface area contributed by atoms with E-state index in [-0.39, 0.29) is 5.54 Å². The number of rotatable bonds is 2. The predicted molar refractivity (Wildman–Crippen MR) is 48.0 cm³/mol. The highest BCUT2D eigenvalue weighted by Crippen LogP contribution is 2.43. The van der Waals surface area contributed by atoms with Crippen LogP contribution in [-0.2, 0) is 0 Å². The topological polar surface area (TPSA) is 69.4 Å². The summed E-state index contributed by atoms with van der Waals surface area (Å²) >= 11 is 0. The van der Waals surface area contributed by atoms with Crippen molar-refractivity contribution in [3.8, 4) is 0 Å². The summed E-state index contributed by atoms with van der Waals surface area (Å²) in [7, 11) is 0. The van der Waals surface area contributed by atoms with Crippen LogP contribution in [0.15, 0.2) is 0 Å². The normalized spacial score (nSPS) is 19.7. The monoisotopic (exact) mass is 185 g/mol. The summed E-state index contributed by atoms with van der Waals surface area (Å²) in [5, 5.41) is 11.0. The second kappa shape index (κ2) is 2.87. The minimum Gasteiger partial charge on any atom is -0.530 e. The molecule has 1 rings (SSSR count). The first-order chi connectivity index (χ1) is 5.83. The molecule has 4 heteroatoms. The minimum atomic E-state index is -1.12. The van der Waals surface area contributed by atoms with Crippen LogP contribution in [0.4, 0.5) is 4.79 Å². The fourth-order valence-electron chi connectivity index (χ4n) is 1.84. The van der Waals surface area contributed by atoms with E-state index < -0.39 is 11.6 Å². The molecule has 0 aromatic heterocycles. The second-order valence-corrected chi connectivity index (χ2v) is 4.70. The van der Waals surface area contributed by atoms with Crippen LogP contribution in [0.5, 0.6) is 0 Å². The van der Waals surface area contributed by atoms with Gasteiger partial charge in [-0.25, -0.2) is 0 Å².